The van der Waals surface area contributed by atoms with Gasteiger partial charge in [0.15, 0.2) is 0 Å². The molecule has 0 amide bonds. The third kappa shape index (κ3) is 7.10. The average Bonchev–Trinajstić information content (AvgIpc) is 1.97. The van der Waals surface area contributed by atoms with Crippen LogP contribution in [0.25, 0.3) is 0 Å². The van der Waals surface area contributed by atoms with Crippen LogP contribution in [0.4, 0.5) is 0 Å². The third-order valence-electron chi connectivity index (χ3n) is 1.49. The van der Waals surface area contributed by atoms with E-state index in [1.165, 1.54) is 6.92 Å². The minimum atomic E-state index is -0.223. The van der Waals surface area contributed by atoms with Gasteiger partial charge in [-0.1, -0.05) is 32.4 Å². The molecule has 0 aliphatic carbocycles. The van der Waals surface area contributed by atoms with Gasteiger partial charge in [-0.2, -0.15) is 0 Å². The van der Waals surface area contributed by atoms with Crippen LogP contribution in [0.15, 0.2) is 12.2 Å². The first kappa shape index (κ1) is 10.2. The topological polar surface area (TPSA) is 26.3 Å². The molecule has 0 saturated carbocycles. The number of allylic oxidation sites excluding steroid dienone is 1. The first-order chi connectivity index (χ1) is 5.16. The molecule has 0 aromatic heterocycles. The number of carbonyl (C=O) groups is 1. The van der Waals surface area contributed by atoms with Gasteiger partial charge in [-0.15, -0.1) is 0 Å². The molecule has 0 saturated heterocycles. The Morgan fingerprint density at radius 1 is 1.64 bits per heavy atom. The molecule has 0 radical (unpaired) electrons. The average molecular weight is 156 g/mol. The van der Waals surface area contributed by atoms with Crippen LogP contribution < -0.4 is 0 Å². The SMILES string of the molecule is CC[C@H](C)/C=C\COC(C)=O. The van der Waals surface area contributed by atoms with E-state index >= 15 is 0 Å². The third-order valence-corrected chi connectivity index (χ3v) is 1.49. The fourth-order valence-corrected chi connectivity index (χ4v) is 0.589. The Kier molecular flexibility index (Phi) is 5.53. The predicted molar refractivity (Wildman–Crippen MR) is 45.2 cm³/mol. The van der Waals surface area contributed by atoms with Crippen molar-refractivity contribution in [2.24, 2.45) is 5.92 Å². The van der Waals surface area contributed by atoms with E-state index in [4.69, 9.17) is 4.74 Å². The van der Waals surface area contributed by atoms with Gasteiger partial charge >= 0.3 is 5.97 Å². The zero-order valence-electron chi connectivity index (χ0n) is 7.46. The van der Waals surface area contributed by atoms with Crippen molar-refractivity contribution in [3.05, 3.63) is 12.2 Å². The lowest BCUT2D eigenvalue weighted by Crippen LogP contribution is -1.98. The van der Waals surface area contributed by atoms with E-state index in [2.05, 4.69) is 19.9 Å². The molecule has 2 heteroatoms. The van der Waals surface area contributed by atoms with Crippen LogP contribution in [0.5, 0.6) is 0 Å². The van der Waals surface area contributed by atoms with Gasteiger partial charge in [-0.25, -0.2) is 0 Å². The molecule has 0 aliphatic rings. The lowest BCUT2D eigenvalue weighted by atomic mass is 10.1. The quantitative estimate of drug-likeness (QED) is 0.460. The van der Waals surface area contributed by atoms with Crippen LogP contribution in [-0.4, -0.2) is 12.6 Å². The number of rotatable bonds is 4. The summed E-state index contributed by atoms with van der Waals surface area (Å²) >= 11 is 0. The molecular weight excluding hydrogens is 140 g/mol. The molecule has 0 spiro atoms. The number of esters is 1. The van der Waals surface area contributed by atoms with Crippen LogP contribution >= 0.6 is 0 Å². The maximum Gasteiger partial charge on any atom is 0.302 e. The molecule has 0 aromatic rings. The standard InChI is InChI=1S/C9H16O2/c1-4-8(2)6-5-7-11-9(3)10/h5-6,8H,4,7H2,1-3H3/b6-5-/t8-/m0/s1. The molecule has 11 heavy (non-hydrogen) atoms. The Bertz CT molecular complexity index is 138. The molecule has 0 unspecified atom stereocenters. The predicted octanol–water partition coefficient (Wildman–Crippen LogP) is 2.15. The van der Waals surface area contributed by atoms with Gasteiger partial charge in [0.1, 0.15) is 6.61 Å². The van der Waals surface area contributed by atoms with Crippen LogP contribution in [-0.2, 0) is 9.53 Å². The first-order valence-corrected chi connectivity index (χ1v) is 3.96. The minimum absolute atomic E-state index is 0.223. The lowest BCUT2D eigenvalue weighted by Gasteiger charge is -1.99. The summed E-state index contributed by atoms with van der Waals surface area (Å²) in [5, 5.41) is 0. The molecule has 0 fully saturated rings. The molecule has 0 bridgehead atoms. The van der Waals surface area contributed by atoms with E-state index in [0.29, 0.717) is 12.5 Å². The number of ether oxygens (including phenoxy) is 1. The Morgan fingerprint density at radius 3 is 2.73 bits per heavy atom. The Labute approximate surface area is 68.2 Å². The summed E-state index contributed by atoms with van der Waals surface area (Å²) in [7, 11) is 0. The van der Waals surface area contributed by atoms with E-state index in [1.807, 2.05) is 6.08 Å². The van der Waals surface area contributed by atoms with E-state index in [9.17, 15) is 4.79 Å². The molecule has 0 rings (SSSR count). The van der Waals surface area contributed by atoms with E-state index in [-0.39, 0.29) is 5.97 Å². The van der Waals surface area contributed by atoms with Gasteiger partial charge in [-0.05, 0) is 5.92 Å². The largest absolute Gasteiger partial charge is 0.462 e. The molecule has 64 valence electrons. The maximum atomic E-state index is 10.3. The second-order valence-corrected chi connectivity index (χ2v) is 2.62. The highest BCUT2D eigenvalue weighted by molar-refractivity contribution is 5.65. The normalized spacial score (nSPS) is 13.4. The highest BCUT2D eigenvalue weighted by Crippen LogP contribution is 2.01. The zero-order chi connectivity index (χ0) is 8.69. The van der Waals surface area contributed by atoms with Crippen molar-refractivity contribution in [3.8, 4) is 0 Å². The smallest absolute Gasteiger partial charge is 0.302 e. The fraction of sp³-hybridized carbons (Fsp3) is 0.667. The van der Waals surface area contributed by atoms with Gasteiger partial charge in [0, 0.05) is 6.92 Å². The summed E-state index contributed by atoms with van der Waals surface area (Å²) in [6.07, 6.45) is 5.06. The van der Waals surface area contributed by atoms with Crippen molar-refractivity contribution in [2.45, 2.75) is 27.2 Å². The lowest BCUT2D eigenvalue weighted by molar-refractivity contribution is -0.139. The van der Waals surface area contributed by atoms with Gasteiger partial charge in [0.2, 0.25) is 0 Å². The van der Waals surface area contributed by atoms with Crippen molar-refractivity contribution in [1.29, 1.82) is 0 Å². The maximum absolute atomic E-state index is 10.3. The number of hydrogen-bond acceptors (Lipinski definition) is 2. The van der Waals surface area contributed by atoms with Crippen LogP contribution in [0.2, 0.25) is 0 Å². The highest BCUT2D eigenvalue weighted by atomic mass is 16.5. The summed E-state index contributed by atoms with van der Waals surface area (Å²) in [5.41, 5.74) is 0. The van der Waals surface area contributed by atoms with Crippen molar-refractivity contribution < 1.29 is 9.53 Å². The summed E-state index contributed by atoms with van der Waals surface area (Å²) in [6.45, 7) is 6.07. The summed E-state index contributed by atoms with van der Waals surface area (Å²) in [4.78, 5) is 10.3. The van der Waals surface area contributed by atoms with Gasteiger partial charge < -0.3 is 4.74 Å². The minimum Gasteiger partial charge on any atom is -0.462 e. The van der Waals surface area contributed by atoms with E-state index < -0.39 is 0 Å². The van der Waals surface area contributed by atoms with Gasteiger partial charge in [0.25, 0.3) is 0 Å². The van der Waals surface area contributed by atoms with Crippen LogP contribution in [0.1, 0.15) is 27.2 Å². The number of hydrogen-bond donors (Lipinski definition) is 0. The zero-order valence-corrected chi connectivity index (χ0v) is 7.46. The molecule has 1 atom stereocenters. The van der Waals surface area contributed by atoms with Crippen molar-refractivity contribution in [1.82, 2.24) is 0 Å². The summed E-state index contributed by atoms with van der Waals surface area (Å²) in [6, 6.07) is 0. The molecule has 0 heterocycles. The van der Waals surface area contributed by atoms with Crippen molar-refractivity contribution >= 4 is 5.97 Å². The molecular formula is C9H16O2. The fourth-order valence-electron chi connectivity index (χ4n) is 0.589. The molecule has 0 aromatic carbocycles. The van der Waals surface area contributed by atoms with E-state index in [0.717, 1.165) is 6.42 Å². The molecule has 0 aliphatic heterocycles. The van der Waals surface area contributed by atoms with Crippen molar-refractivity contribution in [3.63, 3.8) is 0 Å². The van der Waals surface area contributed by atoms with Gasteiger partial charge in [0.05, 0.1) is 0 Å². The highest BCUT2D eigenvalue weighted by Gasteiger charge is 1.90. The summed E-state index contributed by atoms with van der Waals surface area (Å²) in [5.74, 6) is 0.351. The van der Waals surface area contributed by atoms with Gasteiger partial charge in [-0.3, -0.25) is 4.79 Å². The Morgan fingerprint density at radius 2 is 2.27 bits per heavy atom. The van der Waals surface area contributed by atoms with Crippen LogP contribution in [0, 0.1) is 5.92 Å². The van der Waals surface area contributed by atoms with Crippen molar-refractivity contribution in [2.75, 3.05) is 6.61 Å². The second kappa shape index (κ2) is 5.96. The second-order valence-electron chi connectivity index (χ2n) is 2.62. The molecule has 2 nitrogen and oxygen atoms in total. The number of carbonyl (C=O) groups excluding carboxylic acids is 1. The monoisotopic (exact) mass is 156 g/mol. The van der Waals surface area contributed by atoms with E-state index in [1.54, 1.807) is 0 Å². The first-order valence-electron chi connectivity index (χ1n) is 3.96. The van der Waals surface area contributed by atoms with Crippen LogP contribution in [0.3, 0.4) is 0 Å². The molecule has 0 N–H and O–H groups in total. The Hall–Kier alpha value is -0.790. The summed E-state index contributed by atoms with van der Waals surface area (Å²) < 4.78 is 4.71. The Balaban J connectivity index is 3.36.